The normalized spacial score (nSPS) is 18.2. The standard InChI is InChI=1S/C7H17O2PS3/c1-4-9-10(8,11)13-6-7(3)12-5-2/h7H,4-6H2,1-3H3,(H,8,11). The van der Waals surface area contributed by atoms with Crippen LogP contribution in [0.3, 0.4) is 0 Å². The van der Waals surface area contributed by atoms with E-state index in [1.165, 1.54) is 11.4 Å². The molecule has 13 heavy (non-hydrogen) atoms. The van der Waals surface area contributed by atoms with Crippen LogP contribution >= 0.6 is 28.8 Å². The van der Waals surface area contributed by atoms with Gasteiger partial charge in [-0.2, -0.15) is 11.8 Å². The van der Waals surface area contributed by atoms with E-state index in [1.807, 2.05) is 18.7 Å². The molecule has 0 saturated carbocycles. The molecule has 2 unspecified atom stereocenters. The Morgan fingerprint density at radius 1 is 1.54 bits per heavy atom. The van der Waals surface area contributed by atoms with Gasteiger partial charge in [0.05, 0.1) is 6.61 Å². The summed E-state index contributed by atoms with van der Waals surface area (Å²) in [6.07, 6.45) is 0. The third-order valence-corrected chi connectivity index (χ3v) is 7.06. The molecule has 0 fully saturated rings. The minimum Gasteiger partial charge on any atom is -0.337 e. The lowest BCUT2D eigenvalue weighted by Crippen LogP contribution is -2.00. The zero-order chi connectivity index (χ0) is 10.3. The highest BCUT2D eigenvalue weighted by Gasteiger charge is 2.15. The van der Waals surface area contributed by atoms with Crippen LogP contribution in [0.1, 0.15) is 20.8 Å². The van der Waals surface area contributed by atoms with E-state index < -0.39 is 5.69 Å². The molecule has 0 aromatic rings. The molecule has 80 valence electrons. The van der Waals surface area contributed by atoms with Crippen molar-refractivity contribution in [1.82, 2.24) is 0 Å². The zero-order valence-electron chi connectivity index (χ0n) is 8.23. The smallest absolute Gasteiger partial charge is 0.244 e. The minimum absolute atomic E-state index is 0.496. The van der Waals surface area contributed by atoms with Crippen LogP contribution in [0.25, 0.3) is 0 Å². The van der Waals surface area contributed by atoms with Crippen molar-refractivity contribution in [3.8, 4) is 0 Å². The van der Waals surface area contributed by atoms with E-state index in [2.05, 4.69) is 13.8 Å². The van der Waals surface area contributed by atoms with Crippen LogP contribution in [-0.4, -0.2) is 28.3 Å². The first-order valence-corrected chi connectivity index (χ1v) is 9.56. The maximum absolute atomic E-state index is 9.59. The van der Waals surface area contributed by atoms with Crippen LogP contribution in [0.4, 0.5) is 0 Å². The molecule has 0 aromatic heterocycles. The summed E-state index contributed by atoms with van der Waals surface area (Å²) in [5.41, 5.74) is -2.53. The van der Waals surface area contributed by atoms with Crippen LogP contribution in [0.2, 0.25) is 0 Å². The van der Waals surface area contributed by atoms with Gasteiger partial charge >= 0.3 is 0 Å². The molecule has 0 spiro atoms. The summed E-state index contributed by atoms with van der Waals surface area (Å²) in [5, 5.41) is 0.532. The van der Waals surface area contributed by atoms with Gasteiger partial charge in [-0.1, -0.05) is 25.2 Å². The zero-order valence-corrected chi connectivity index (χ0v) is 11.6. The first kappa shape index (κ1) is 14.3. The summed E-state index contributed by atoms with van der Waals surface area (Å²) in [5.74, 6) is 1.97. The van der Waals surface area contributed by atoms with E-state index >= 15 is 0 Å². The van der Waals surface area contributed by atoms with Crippen molar-refractivity contribution in [3.05, 3.63) is 0 Å². The van der Waals surface area contributed by atoms with Gasteiger partial charge in [0.1, 0.15) is 0 Å². The van der Waals surface area contributed by atoms with Crippen molar-refractivity contribution >= 4 is 40.6 Å². The minimum atomic E-state index is -2.53. The Kier molecular flexibility index (Phi) is 8.28. The Morgan fingerprint density at radius 3 is 2.62 bits per heavy atom. The Morgan fingerprint density at radius 2 is 2.15 bits per heavy atom. The number of hydrogen-bond donors (Lipinski definition) is 1. The second-order valence-electron chi connectivity index (χ2n) is 2.45. The average molecular weight is 260 g/mol. The molecule has 0 bridgehead atoms. The Balaban J connectivity index is 3.67. The molecule has 6 heteroatoms. The van der Waals surface area contributed by atoms with Crippen molar-refractivity contribution in [2.75, 3.05) is 18.1 Å². The topological polar surface area (TPSA) is 29.5 Å². The van der Waals surface area contributed by atoms with E-state index in [9.17, 15) is 4.89 Å². The number of rotatable bonds is 7. The third kappa shape index (κ3) is 8.28. The molecular formula is C7H17O2PS3. The summed E-state index contributed by atoms with van der Waals surface area (Å²) in [7, 11) is 0. The Labute approximate surface area is 94.1 Å². The Hall–Kier alpha value is 1.27. The summed E-state index contributed by atoms with van der Waals surface area (Å²) in [4.78, 5) is 9.59. The molecule has 0 radical (unpaired) electrons. The van der Waals surface area contributed by atoms with Crippen molar-refractivity contribution in [2.45, 2.75) is 26.0 Å². The molecule has 0 aliphatic heterocycles. The SMILES string of the molecule is CCOP(O)(=S)SCC(C)SCC. The van der Waals surface area contributed by atoms with Gasteiger partial charge in [0.25, 0.3) is 0 Å². The number of thioether (sulfide) groups is 1. The van der Waals surface area contributed by atoms with Gasteiger partial charge in [0.2, 0.25) is 5.69 Å². The molecule has 2 nitrogen and oxygen atoms in total. The van der Waals surface area contributed by atoms with Crippen molar-refractivity contribution < 1.29 is 9.42 Å². The fourth-order valence-electron chi connectivity index (χ4n) is 0.732. The van der Waals surface area contributed by atoms with Gasteiger partial charge < -0.3 is 9.42 Å². The highest BCUT2D eigenvalue weighted by Crippen LogP contribution is 2.56. The summed E-state index contributed by atoms with van der Waals surface area (Å²) >= 11 is 8.21. The molecule has 1 N–H and O–H groups in total. The van der Waals surface area contributed by atoms with Crippen molar-refractivity contribution in [1.29, 1.82) is 0 Å². The van der Waals surface area contributed by atoms with Crippen LogP contribution < -0.4 is 0 Å². The van der Waals surface area contributed by atoms with Gasteiger partial charge in [0, 0.05) is 11.0 Å². The van der Waals surface area contributed by atoms with Crippen LogP contribution in [0.5, 0.6) is 0 Å². The number of hydrogen-bond acceptors (Lipinski definition) is 4. The molecule has 0 aliphatic rings. The van der Waals surface area contributed by atoms with E-state index in [0.29, 0.717) is 11.9 Å². The molecule has 0 aliphatic carbocycles. The predicted octanol–water partition coefficient (Wildman–Crippen LogP) is 3.11. The van der Waals surface area contributed by atoms with Crippen LogP contribution in [-0.2, 0) is 16.3 Å². The fourth-order valence-corrected chi connectivity index (χ4v) is 5.63. The lowest BCUT2D eigenvalue weighted by atomic mass is 10.6. The first-order valence-electron chi connectivity index (χ1n) is 4.25. The van der Waals surface area contributed by atoms with Crippen LogP contribution in [0.15, 0.2) is 0 Å². The van der Waals surface area contributed by atoms with Crippen molar-refractivity contribution in [3.63, 3.8) is 0 Å². The van der Waals surface area contributed by atoms with E-state index in [4.69, 9.17) is 16.3 Å². The van der Waals surface area contributed by atoms with Gasteiger partial charge in [-0.05, 0) is 24.5 Å². The molecule has 0 amide bonds. The maximum Gasteiger partial charge on any atom is 0.244 e. The fraction of sp³-hybridized carbons (Fsp3) is 1.00. The van der Waals surface area contributed by atoms with E-state index in [0.717, 1.165) is 11.5 Å². The van der Waals surface area contributed by atoms with E-state index in [1.54, 1.807) is 0 Å². The molecular weight excluding hydrogens is 243 g/mol. The largest absolute Gasteiger partial charge is 0.337 e. The Bertz CT molecular complexity index is 177. The second kappa shape index (κ2) is 7.55. The summed E-state index contributed by atoms with van der Waals surface area (Å²) in [6.45, 7) is 6.62. The van der Waals surface area contributed by atoms with E-state index in [-0.39, 0.29) is 0 Å². The van der Waals surface area contributed by atoms with Gasteiger partial charge in [0.15, 0.2) is 0 Å². The molecule has 0 aromatic carbocycles. The molecule has 2 atom stereocenters. The quantitative estimate of drug-likeness (QED) is 0.710. The summed E-state index contributed by atoms with van der Waals surface area (Å²) in [6, 6.07) is 0. The second-order valence-corrected chi connectivity index (χ2v) is 10.4. The van der Waals surface area contributed by atoms with Gasteiger partial charge in [-0.25, -0.2) is 0 Å². The van der Waals surface area contributed by atoms with Crippen molar-refractivity contribution in [2.24, 2.45) is 0 Å². The van der Waals surface area contributed by atoms with Gasteiger partial charge in [-0.3, -0.25) is 0 Å². The monoisotopic (exact) mass is 260 g/mol. The van der Waals surface area contributed by atoms with Crippen LogP contribution in [0, 0.1) is 0 Å². The third-order valence-electron chi connectivity index (χ3n) is 1.22. The first-order chi connectivity index (χ1) is 6.02. The molecule has 0 heterocycles. The van der Waals surface area contributed by atoms with Gasteiger partial charge in [-0.15, -0.1) is 0 Å². The molecule has 0 rings (SSSR count). The average Bonchev–Trinajstić information content (AvgIpc) is 2.02. The highest BCUT2D eigenvalue weighted by atomic mass is 32.9. The summed E-state index contributed by atoms with van der Waals surface area (Å²) < 4.78 is 5.09. The molecule has 0 saturated heterocycles. The lowest BCUT2D eigenvalue weighted by Gasteiger charge is -2.16. The highest BCUT2D eigenvalue weighted by molar-refractivity contribution is 8.67. The lowest BCUT2D eigenvalue weighted by molar-refractivity contribution is 0.341. The maximum atomic E-state index is 9.59. The predicted molar refractivity (Wildman–Crippen MR) is 68.2 cm³/mol.